The highest BCUT2D eigenvalue weighted by molar-refractivity contribution is 7.89. The molecule has 0 saturated carbocycles. The molecule has 3 rings (SSSR count). The summed E-state index contributed by atoms with van der Waals surface area (Å²) in [5, 5.41) is 0. The Morgan fingerprint density at radius 3 is 2.62 bits per heavy atom. The van der Waals surface area contributed by atoms with Crippen LogP contribution in [0.15, 0.2) is 29.2 Å². The highest BCUT2D eigenvalue weighted by Crippen LogP contribution is 2.36. The van der Waals surface area contributed by atoms with Gasteiger partial charge in [-0.1, -0.05) is 32.9 Å². The molecule has 1 aromatic carbocycles. The molecule has 2 heterocycles. The van der Waals surface area contributed by atoms with Crippen molar-refractivity contribution in [3.05, 3.63) is 24.3 Å². The fraction of sp³-hybridized carbons (Fsp3) is 0.632. The number of sulfonamides is 1. The van der Waals surface area contributed by atoms with E-state index in [1.165, 1.54) is 0 Å². The number of amides is 1. The van der Waals surface area contributed by atoms with Crippen LogP contribution in [0.3, 0.4) is 0 Å². The number of carbonyl (C=O) groups is 1. The third kappa shape index (κ3) is 3.60. The number of ether oxygens (including phenoxy) is 1. The minimum absolute atomic E-state index is 0.111. The molecule has 1 fully saturated rings. The van der Waals surface area contributed by atoms with Gasteiger partial charge in [0.15, 0.2) is 0 Å². The summed E-state index contributed by atoms with van der Waals surface area (Å²) in [6.07, 6.45) is 1.44. The van der Waals surface area contributed by atoms with E-state index < -0.39 is 10.0 Å². The summed E-state index contributed by atoms with van der Waals surface area (Å²) in [5.74, 6) is 0.733. The number of carbonyl (C=O) groups excluding carboxylic acids is 1. The van der Waals surface area contributed by atoms with Gasteiger partial charge in [0, 0.05) is 32.5 Å². The maximum Gasteiger partial charge on any atom is 0.247 e. The molecule has 1 amide bonds. The van der Waals surface area contributed by atoms with Gasteiger partial charge >= 0.3 is 0 Å². The minimum atomic E-state index is -3.64. The number of rotatable bonds is 3. The Hall–Kier alpha value is -1.60. The van der Waals surface area contributed by atoms with Crippen molar-refractivity contribution in [2.45, 2.75) is 57.1 Å². The predicted molar refractivity (Wildman–Crippen MR) is 99.5 cm³/mol. The molecule has 2 aliphatic rings. The van der Waals surface area contributed by atoms with E-state index in [0.717, 1.165) is 0 Å². The zero-order chi connectivity index (χ0) is 18.9. The molecule has 1 aromatic rings. The van der Waals surface area contributed by atoms with E-state index in [0.29, 0.717) is 44.6 Å². The Balaban J connectivity index is 2.01. The second-order valence-electron chi connectivity index (χ2n) is 7.45. The van der Waals surface area contributed by atoms with Gasteiger partial charge in [-0.2, -0.15) is 4.31 Å². The Bertz CT molecular complexity index is 763. The largest absolute Gasteiger partial charge is 0.487 e. The lowest BCUT2D eigenvalue weighted by Crippen LogP contribution is -2.48. The Morgan fingerprint density at radius 1 is 1.23 bits per heavy atom. The molecule has 2 atom stereocenters. The first-order valence-electron chi connectivity index (χ1n) is 9.40. The standard InChI is InChI=1S/C19H28N2O4S/c1-4-19(22)20-11-9-15-16(10-12-20)25-17-7-5-6-8-18(17)26(23,24)21(15)13-14(2)3/h5-8,14-16H,4,9-13H2,1-3H3/t15-,16-/m1/s1. The SMILES string of the molecule is CCC(=O)N1CC[C@@H]2[C@@H](CC1)Oc1ccccc1S(=O)(=O)N2CC(C)C. The van der Waals surface area contributed by atoms with Crippen molar-refractivity contribution in [3.8, 4) is 5.75 Å². The van der Waals surface area contributed by atoms with Crippen LogP contribution >= 0.6 is 0 Å². The summed E-state index contributed by atoms with van der Waals surface area (Å²) in [4.78, 5) is 14.2. The van der Waals surface area contributed by atoms with Gasteiger partial charge in [-0.05, 0) is 24.5 Å². The Labute approximate surface area is 156 Å². The van der Waals surface area contributed by atoms with Crippen molar-refractivity contribution < 1.29 is 17.9 Å². The average molecular weight is 381 g/mol. The summed E-state index contributed by atoms with van der Waals surface area (Å²) >= 11 is 0. The maximum atomic E-state index is 13.4. The van der Waals surface area contributed by atoms with Gasteiger partial charge in [-0.3, -0.25) is 4.79 Å². The second-order valence-corrected chi connectivity index (χ2v) is 9.31. The van der Waals surface area contributed by atoms with E-state index in [1.54, 1.807) is 28.6 Å². The van der Waals surface area contributed by atoms with Crippen molar-refractivity contribution in [1.82, 2.24) is 9.21 Å². The normalized spacial score (nSPS) is 25.6. The first kappa shape index (κ1) is 19.2. The number of fused-ring (bicyclic) bond motifs is 2. The van der Waals surface area contributed by atoms with Gasteiger partial charge in [0.05, 0.1) is 6.04 Å². The van der Waals surface area contributed by atoms with Crippen LogP contribution in [0.4, 0.5) is 0 Å². The molecule has 26 heavy (non-hydrogen) atoms. The molecule has 6 nitrogen and oxygen atoms in total. The number of hydrogen-bond acceptors (Lipinski definition) is 4. The van der Waals surface area contributed by atoms with Crippen LogP contribution in [-0.4, -0.2) is 55.3 Å². The molecule has 2 aliphatic heterocycles. The molecule has 0 spiro atoms. The van der Waals surface area contributed by atoms with Crippen molar-refractivity contribution in [2.75, 3.05) is 19.6 Å². The van der Waals surface area contributed by atoms with E-state index >= 15 is 0 Å². The van der Waals surface area contributed by atoms with E-state index in [4.69, 9.17) is 4.74 Å². The van der Waals surface area contributed by atoms with Crippen molar-refractivity contribution >= 4 is 15.9 Å². The number of benzene rings is 1. The molecule has 144 valence electrons. The molecule has 1 saturated heterocycles. The number of para-hydroxylation sites is 1. The predicted octanol–water partition coefficient (Wildman–Crippen LogP) is 2.50. The van der Waals surface area contributed by atoms with Crippen molar-refractivity contribution in [3.63, 3.8) is 0 Å². The van der Waals surface area contributed by atoms with Gasteiger partial charge in [-0.25, -0.2) is 8.42 Å². The number of hydrogen-bond donors (Lipinski definition) is 0. The van der Waals surface area contributed by atoms with Gasteiger partial charge in [0.1, 0.15) is 16.7 Å². The fourth-order valence-electron chi connectivity index (χ4n) is 3.82. The van der Waals surface area contributed by atoms with E-state index in [-0.39, 0.29) is 28.9 Å². The van der Waals surface area contributed by atoms with Crippen LogP contribution in [-0.2, 0) is 14.8 Å². The molecule has 0 aliphatic carbocycles. The van der Waals surface area contributed by atoms with Gasteiger partial charge in [-0.15, -0.1) is 0 Å². The summed E-state index contributed by atoms with van der Waals surface area (Å²) in [7, 11) is -3.64. The maximum absolute atomic E-state index is 13.4. The molecular weight excluding hydrogens is 352 g/mol. The molecule has 7 heteroatoms. The molecule has 0 N–H and O–H groups in total. The quantitative estimate of drug-likeness (QED) is 0.808. The van der Waals surface area contributed by atoms with Gasteiger partial charge < -0.3 is 9.64 Å². The zero-order valence-corrected chi connectivity index (χ0v) is 16.5. The van der Waals surface area contributed by atoms with Crippen LogP contribution in [0, 0.1) is 5.92 Å². The zero-order valence-electron chi connectivity index (χ0n) is 15.7. The third-order valence-corrected chi connectivity index (χ3v) is 7.02. The molecular formula is C19H28N2O4S. The lowest BCUT2D eigenvalue weighted by Gasteiger charge is -2.32. The fourth-order valence-corrected chi connectivity index (χ4v) is 5.79. The minimum Gasteiger partial charge on any atom is -0.487 e. The van der Waals surface area contributed by atoms with Gasteiger partial charge in [0.25, 0.3) is 0 Å². The van der Waals surface area contributed by atoms with Crippen LogP contribution in [0.5, 0.6) is 5.75 Å². The van der Waals surface area contributed by atoms with E-state index in [2.05, 4.69) is 0 Å². The molecule has 0 unspecified atom stereocenters. The lowest BCUT2D eigenvalue weighted by atomic mass is 10.0. The molecule has 0 aromatic heterocycles. The first-order valence-corrected chi connectivity index (χ1v) is 10.8. The van der Waals surface area contributed by atoms with Crippen LogP contribution in [0.25, 0.3) is 0 Å². The topological polar surface area (TPSA) is 66.9 Å². The summed E-state index contributed by atoms with van der Waals surface area (Å²) in [6.45, 7) is 7.51. The Morgan fingerprint density at radius 2 is 1.92 bits per heavy atom. The molecule has 0 bridgehead atoms. The Kier molecular flexibility index (Phi) is 5.58. The van der Waals surface area contributed by atoms with Crippen LogP contribution in [0.2, 0.25) is 0 Å². The van der Waals surface area contributed by atoms with E-state index in [1.807, 2.05) is 25.7 Å². The van der Waals surface area contributed by atoms with Gasteiger partial charge in [0.2, 0.25) is 15.9 Å². The molecule has 0 radical (unpaired) electrons. The summed E-state index contributed by atoms with van der Waals surface area (Å²) < 4.78 is 34.5. The van der Waals surface area contributed by atoms with Crippen LogP contribution in [0.1, 0.15) is 40.0 Å². The summed E-state index contributed by atoms with van der Waals surface area (Å²) in [5.41, 5.74) is 0. The average Bonchev–Trinajstić information content (AvgIpc) is 2.85. The third-order valence-electron chi connectivity index (χ3n) is 5.09. The number of nitrogens with zero attached hydrogens (tertiary/aromatic N) is 2. The highest BCUT2D eigenvalue weighted by atomic mass is 32.2. The van der Waals surface area contributed by atoms with Crippen LogP contribution < -0.4 is 4.74 Å². The lowest BCUT2D eigenvalue weighted by molar-refractivity contribution is -0.130. The van der Waals surface area contributed by atoms with Crippen molar-refractivity contribution in [2.24, 2.45) is 5.92 Å². The monoisotopic (exact) mass is 380 g/mol. The highest BCUT2D eigenvalue weighted by Gasteiger charge is 2.43. The second kappa shape index (κ2) is 7.56. The first-order chi connectivity index (χ1) is 12.3. The van der Waals surface area contributed by atoms with E-state index in [9.17, 15) is 13.2 Å². The van der Waals surface area contributed by atoms with Crippen molar-refractivity contribution in [1.29, 1.82) is 0 Å². The number of likely N-dealkylation sites (tertiary alicyclic amines) is 1. The smallest absolute Gasteiger partial charge is 0.247 e. The summed E-state index contributed by atoms with van der Waals surface area (Å²) in [6, 6.07) is 6.62.